The fraction of sp³-hybridized carbons (Fsp3) is 0.259. The standard InChI is InChI=1S/C27H27FN2O/c28-21-8-6-19(7-9-21)14-15-29-22-10-12-26-24(16-22)25-17-23(11-13-27(25)30-26)31-18-20-4-2-1-3-5-20/h1-9,11,13,17,22,29-30H,10,12,14-16,18H2. The maximum Gasteiger partial charge on any atom is 0.123 e. The molecule has 1 aliphatic rings. The van der Waals surface area contributed by atoms with E-state index < -0.39 is 0 Å². The number of benzene rings is 3. The first-order valence-electron chi connectivity index (χ1n) is 11.0. The Bertz CT molecular complexity index is 1150. The van der Waals surface area contributed by atoms with Crippen LogP contribution >= 0.6 is 0 Å². The number of fused-ring (bicyclic) bond motifs is 3. The molecule has 158 valence electrons. The molecule has 31 heavy (non-hydrogen) atoms. The minimum absolute atomic E-state index is 0.178. The van der Waals surface area contributed by atoms with Gasteiger partial charge in [-0.2, -0.15) is 0 Å². The predicted octanol–water partition coefficient (Wildman–Crippen LogP) is 5.58. The van der Waals surface area contributed by atoms with Crippen molar-refractivity contribution < 1.29 is 9.13 Å². The highest BCUT2D eigenvalue weighted by atomic mass is 19.1. The number of H-pyrrole nitrogens is 1. The summed E-state index contributed by atoms with van der Waals surface area (Å²) in [4.78, 5) is 3.61. The van der Waals surface area contributed by atoms with Crippen LogP contribution < -0.4 is 10.1 Å². The van der Waals surface area contributed by atoms with Gasteiger partial charge in [0.1, 0.15) is 18.2 Å². The fourth-order valence-electron chi connectivity index (χ4n) is 4.47. The Morgan fingerprint density at radius 2 is 1.81 bits per heavy atom. The van der Waals surface area contributed by atoms with Gasteiger partial charge in [-0.25, -0.2) is 4.39 Å². The molecule has 3 aromatic carbocycles. The largest absolute Gasteiger partial charge is 0.489 e. The predicted molar refractivity (Wildman–Crippen MR) is 123 cm³/mol. The van der Waals surface area contributed by atoms with E-state index in [2.05, 4.69) is 34.6 Å². The summed E-state index contributed by atoms with van der Waals surface area (Å²) in [5.41, 5.74) is 6.28. The van der Waals surface area contributed by atoms with Gasteiger partial charge in [0.15, 0.2) is 0 Å². The smallest absolute Gasteiger partial charge is 0.123 e. The summed E-state index contributed by atoms with van der Waals surface area (Å²) in [6.45, 7) is 1.48. The highest BCUT2D eigenvalue weighted by molar-refractivity contribution is 5.86. The van der Waals surface area contributed by atoms with Crippen LogP contribution in [0.3, 0.4) is 0 Å². The third-order valence-electron chi connectivity index (χ3n) is 6.17. The Morgan fingerprint density at radius 3 is 2.65 bits per heavy atom. The van der Waals surface area contributed by atoms with Crippen molar-refractivity contribution >= 4 is 10.9 Å². The molecule has 1 aliphatic carbocycles. The number of aryl methyl sites for hydroxylation is 1. The van der Waals surface area contributed by atoms with Gasteiger partial charge in [-0.05, 0) is 79.3 Å². The van der Waals surface area contributed by atoms with E-state index in [0.29, 0.717) is 12.6 Å². The second-order valence-corrected chi connectivity index (χ2v) is 8.33. The molecule has 0 amide bonds. The van der Waals surface area contributed by atoms with E-state index in [4.69, 9.17) is 4.74 Å². The molecule has 0 radical (unpaired) electrons. The average molecular weight is 415 g/mol. The molecule has 1 heterocycles. The normalized spacial score (nSPS) is 15.7. The third kappa shape index (κ3) is 4.64. The molecule has 0 bridgehead atoms. The molecule has 4 aromatic rings. The lowest BCUT2D eigenvalue weighted by Gasteiger charge is -2.24. The maximum absolute atomic E-state index is 13.1. The van der Waals surface area contributed by atoms with Crippen LogP contribution in [-0.4, -0.2) is 17.6 Å². The highest BCUT2D eigenvalue weighted by Crippen LogP contribution is 2.32. The van der Waals surface area contributed by atoms with Gasteiger partial charge >= 0.3 is 0 Å². The molecule has 1 atom stereocenters. The molecule has 5 rings (SSSR count). The third-order valence-corrected chi connectivity index (χ3v) is 6.17. The lowest BCUT2D eigenvalue weighted by molar-refractivity contribution is 0.306. The molecule has 0 aliphatic heterocycles. The summed E-state index contributed by atoms with van der Waals surface area (Å²) in [6.07, 6.45) is 4.11. The minimum Gasteiger partial charge on any atom is -0.489 e. The second kappa shape index (κ2) is 8.94. The number of aromatic amines is 1. The summed E-state index contributed by atoms with van der Waals surface area (Å²) < 4.78 is 19.1. The Balaban J connectivity index is 1.24. The molecular weight excluding hydrogens is 387 g/mol. The van der Waals surface area contributed by atoms with Crippen LogP contribution in [0, 0.1) is 5.82 Å². The maximum atomic E-state index is 13.1. The van der Waals surface area contributed by atoms with E-state index in [-0.39, 0.29) is 5.82 Å². The molecular formula is C27H27FN2O. The first-order valence-corrected chi connectivity index (χ1v) is 11.0. The topological polar surface area (TPSA) is 37.0 Å². The van der Waals surface area contributed by atoms with Crippen molar-refractivity contribution in [3.63, 3.8) is 0 Å². The number of ether oxygens (including phenoxy) is 1. The van der Waals surface area contributed by atoms with Gasteiger partial charge in [-0.3, -0.25) is 0 Å². The summed E-state index contributed by atoms with van der Waals surface area (Å²) in [5.74, 6) is 0.729. The van der Waals surface area contributed by atoms with Crippen LogP contribution in [0.2, 0.25) is 0 Å². The monoisotopic (exact) mass is 414 g/mol. The van der Waals surface area contributed by atoms with Gasteiger partial charge < -0.3 is 15.0 Å². The summed E-state index contributed by atoms with van der Waals surface area (Å²) >= 11 is 0. The van der Waals surface area contributed by atoms with Gasteiger partial charge in [0, 0.05) is 22.6 Å². The number of nitrogens with one attached hydrogen (secondary N) is 2. The van der Waals surface area contributed by atoms with E-state index in [1.807, 2.05) is 36.4 Å². The van der Waals surface area contributed by atoms with E-state index in [1.165, 1.54) is 39.9 Å². The SMILES string of the molecule is Fc1ccc(CCNC2CCc3[nH]c4ccc(OCc5ccccc5)cc4c3C2)cc1. The molecule has 2 N–H and O–H groups in total. The average Bonchev–Trinajstić information content (AvgIpc) is 3.17. The molecule has 0 spiro atoms. The van der Waals surface area contributed by atoms with Crippen LogP contribution in [0.1, 0.15) is 28.8 Å². The second-order valence-electron chi connectivity index (χ2n) is 8.33. The van der Waals surface area contributed by atoms with Crippen molar-refractivity contribution in [3.8, 4) is 5.75 Å². The van der Waals surface area contributed by atoms with Crippen molar-refractivity contribution in [2.75, 3.05) is 6.54 Å². The Morgan fingerprint density at radius 1 is 0.968 bits per heavy atom. The van der Waals surface area contributed by atoms with Gasteiger partial charge in [0.25, 0.3) is 0 Å². The number of hydrogen-bond donors (Lipinski definition) is 2. The molecule has 3 nitrogen and oxygen atoms in total. The first-order chi connectivity index (χ1) is 15.2. The van der Waals surface area contributed by atoms with Crippen LogP contribution in [-0.2, 0) is 25.9 Å². The Hall–Kier alpha value is -3.11. The zero-order chi connectivity index (χ0) is 21.0. The number of rotatable bonds is 7. The van der Waals surface area contributed by atoms with Gasteiger partial charge in [0.05, 0.1) is 0 Å². The zero-order valence-electron chi connectivity index (χ0n) is 17.5. The van der Waals surface area contributed by atoms with Gasteiger partial charge in [-0.15, -0.1) is 0 Å². The van der Waals surface area contributed by atoms with E-state index >= 15 is 0 Å². The Labute approximate surface area is 182 Å². The summed E-state index contributed by atoms with van der Waals surface area (Å²) in [7, 11) is 0. The minimum atomic E-state index is -0.178. The van der Waals surface area contributed by atoms with E-state index in [9.17, 15) is 4.39 Å². The van der Waals surface area contributed by atoms with Crippen molar-refractivity contribution in [3.05, 3.63) is 101 Å². The molecule has 0 saturated heterocycles. The molecule has 1 aromatic heterocycles. The summed E-state index contributed by atoms with van der Waals surface area (Å²) in [6, 6.07) is 23.9. The van der Waals surface area contributed by atoms with Crippen LogP contribution in [0.4, 0.5) is 4.39 Å². The summed E-state index contributed by atoms with van der Waals surface area (Å²) in [5, 5.41) is 4.97. The molecule has 0 fully saturated rings. The molecule has 0 saturated carbocycles. The molecule has 1 unspecified atom stereocenters. The molecule has 4 heteroatoms. The fourth-order valence-corrected chi connectivity index (χ4v) is 4.47. The first kappa shape index (κ1) is 19.8. The van der Waals surface area contributed by atoms with Crippen LogP contribution in [0.5, 0.6) is 5.75 Å². The quantitative estimate of drug-likeness (QED) is 0.414. The van der Waals surface area contributed by atoms with Gasteiger partial charge in [-0.1, -0.05) is 42.5 Å². The van der Waals surface area contributed by atoms with Crippen molar-refractivity contribution in [2.45, 2.75) is 38.3 Å². The lowest BCUT2D eigenvalue weighted by atomic mass is 9.91. The Kier molecular flexibility index (Phi) is 5.72. The van der Waals surface area contributed by atoms with E-state index in [1.54, 1.807) is 0 Å². The lowest BCUT2D eigenvalue weighted by Crippen LogP contribution is -2.35. The van der Waals surface area contributed by atoms with Crippen LogP contribution in [0.15, 0.2) is 72.8 Å². The van der Waals surface area contributed by atoms with Crippen LogP contribution in [0.25, 0.3) is 10.9 Å². The van der Waals surface area contributed by atoms with Crippen molar-refractivity contribution in [1.82, 2.24) is 10.3 Å². The highest BCUT2D eigenvalue weighted by Gasteiger charge is 2.22. The van der Waals surface area contributed by atoms with Crippen molar-refractivity contribution in [1.29, 1.82) is 0 Å². The van der Waals surface area contributed by atoms with Gasteiger partial charge in [0.2, 0.25) is 0 Å². The number of halogens is 1. The zero-order valence-corrected chi connectivity index (χ0v) is 17.5. The number of hydrogen-bond acceptors (Lipinski definition) is 2. The van der Waals surface area contributed by atoms with Crippen molar-refractivity contribution in [2.24, 2.45) is 0 Å². The van der Waals surface area contributed by atoms with E-state index in [0.717, 1.165) is 43.5 Å². The number of aromatic nitrogens is 1.